The summed E-state index contributed by atoms with van der Waals surface area (Å²) in [7, 11) is 1.71. The van der Waals surface area contributed by atoms with Gasteiger partial charge in [-0.1, -0.05) is 0 Å². The highest BCUT2D eigenvalue weighted by molar-refractivity contribution is 5.61. The third kappa shape index (κ3) is 2.89. The second kappa shape index (κ2) is 5.22. The number of anilines is 2. The van der Waals surface area contributed by atoms with Crippen LogP contribution in [-0.2, 0) is 4.74 Å². The Morgan fingerprint density at radius 1 is 1.44 bits per heavy atom. The number of hydrogen-bond donors (Lipinski definition) is 2. The van der Waals surface area contributed by atoms with Crippen molar-refractivity contribution < 1.29 is 9.66 Å². The van der Waals surface area contributed by atoms with E-state index in [1.807, 2.05) is 0 Å². The number of hydrogen-bond acceptors (Lipinski definition) is 5. The molecule has 2 rings (SSSR count). The van der Waals surface area contributed by atoms with Crippen LogP contribution < -0.4 is 11.1 Å². The maximum absolute atomic E-state index is 10.7. The zero-order valence-corrected chi connectivity index (χ0v) is 10.3. The van der Waals surface area contributed by atoms with Crippen molar-refractivity contribution in [1.82, 2.24) is 0 Å². The lowest BCUT2D eigenvalue weighted by Gasteiger charge is -2.14. The molecule has 0 saturated heterocycles. The van der Waals surface area contributed by atoms with Crippen LogP contribution in [0.3, 0.4) is 0 Å². The largest absolute Gasteiger partial charge is 0.398 e. The number of methoxy groups -OCH3 is 1. The fraction of sp³-hybridized carbons (Fsp3) is 0.500. The maximum Gasteiger partial charge on any atom is 0.273 e. The molecule has 1 aromatic rings. The fourth-order valence-electron chi connectivity index (χ4n) is 2.34. The van der Waals surface area contributed by atoms with Gasteiger partial charge in [0.15, 0.2) is 0 Å². The van der Waals surface area contributed by atoms with Crippen molar-refractivity contribution in [3.8, 4) is 0 Å². The van der Waals surface area contributed by atoms with Crippen LogP contribution in [0.2, 0.25) is 0 Å². The van der Waals surface area contributed by atoms with E-state index >= 15 is 0 Å². The molecule has 1 aliphatic carbocycles. The van der Waals surface area contributed by atoms with Gasteiger partial charge in [0.05, 0.1) is 11.0 Å². The van der Waals surface area contributed by atoms with Gasteiger partial charge in [-0.3, -0.25) is 10.1 Å². The molecule has 98 valence electrons. The standard InChI is InChI=1S/C12H17N3O3/c1-18-12-3-2-9(7-12)14-10-4-8(13)5-11(6-10)15(16)17/h4-6,9,12,14H,2-3,7,13H2,1H3. The average molecular weight is 251 g/mol. The smallest absolute Gasteiger partial charge is 0.273 e. The second-order valence-electron chi connectivity index (χ2n) is 4.58. The summed E-state index contributed by atoms with van der Waals surface area (Å²) in [5.41, 5.74) is 6.76. The Labute approximate surface area is 105 Å². The first kappa shape index (κ1) is 12.6. The van der Waals surface area contributed by atoms with Crippen molar-refractivity contribution >= 4 is 17.1 Å². The minimum atomic E-state index is -0.436. The molecule has 1 fully saturated rings. The second-order valence-corrected chi connectivity index (χ2v) is 4.58. The number of nitrogens with zero attached hydrogens (tertiary/aromatic N) is 1. The lowest BCUT2D eigenvalue weighted by atomic mass is 10.2. The zero-order chi connectivity index (χ0) is 13.1. The van der Waals surface area contributed by atoms with Gasteiger partial charge in [0, 0.05) is 36.7 Å². The van der Waals surface area contributed by atoms with Gasteiger partial charge in [-0.15, -0.1) is 0 Å². The molecule has 18 heavy (non-hydrogen) atoms. The molecule has 0 bridgehead atoms. The Morgan fingerprint density at radius 3 is 2.83 bits per heavy atom. The van der Waals surface area contributed by atoms with Crippen LogP contribution in [0.5, 0.6) is 0 Å². The predicted molar refractivity (Wildman–Crippen MR) is 69.6 cm³/mol. The first-order valence-corrected chi connectivity index (χ1v) is 5.93. The summed E-state index contributed by atoms with van der Waals surface area (Å²) in [6.07, 6.45) is 3.21. The average Bonchev–Trinajstić information content (AvgIpc) is 2.76. The molecule has 0 spiro atoms. The summed E-state index contributed by atoms with van der Waals surface area (Å²) in [5.74, 6) is 0. The van der Waals surface area contributed by atoms with E-state index in [0.717, 1.165) is 19.3 Å². The highest BCUT2D eigenvalue weighted by Gasteiger charge is 2.24. The van der Waals surface area contributed by atoms with E-state index in [1.54, 1.807) is 13.2 Å². The minimum absolute atomic E-state index is 0.0128. The van der Waals surface area contributed by atoms with E-state index in [1.165, 1.54) is 12.1 Å². The molecule has 1 aromatic carbocycles. The first-order valence-electron chi connectivity index (χ1n) is 5.93. The van der Waals surface area contributed by atoms with Crippen molar-refractivity contribution in [2.75, 3.05) is 18.2 Å². The molecular formula is C12H17N3O3. The van der Waals surface area contributed by atoms with Gasteiger partial charge in [0.25, 0.3) is 5.69 Å². The SMILES string of the molecule is COC1CCC(Nc2cc(N)cc([N+](=O)[O-])c2)C1. The maximum atomic E-state index is 10.7. The van der Waals surface area contributed by atoms with Crippen molar-refractivity contribution in [2.24, 2.45) is 0 Å². The van der Waals surface area contributed by atoms with Gasteiger partial charge in [0.1, 0.15) is 0 Å². The number of rotatable bonds is 4. The van der Waals surface area contributed by atoms with Gasteiger partial charge in [-0.05, 0) is 25.3 Å². The summed E-state index contributed by atoms with van der Waals surface area (Å²) in [6, 6.07) is 4.87. The van der Waals surface area contributed by atoms with E-state index in [0.29, 0.717) is 11.4 Å². The molecule has 3 N–H and O–H groups in total. The monoisotopic (exact) mass is 251 g/mol. The molecule has 0 amide bonds. The Morgan fingerprint density at radius 2 is 2.22 bits per heavy atom. The first-order chi connectivity index (χ1) is 8.58. The molecule has 0 radical (unpaired) electrons. The highest BCUT2D eigenvalue weighted by atomic mass is 16.6. The molecular weight excluding hydrogens is 234 g/mol. The van der Waals surface area contributed by atoms with Crippen LogP contribution in [0.15, 0.2) is 18.2 Å². The fourth-order valence-corrected chi connectivity index (χ4v) is 2.34. The summed E-state index contributed by atoms with van der Waals surface area (Å²) >= 11 is 0. The number of nitro groups is 1. The van der Waals surface area contributed by atoms with E-state index in [4.69, 9.17) is 10.5 Å². The summed E-state index contributed by atoms with van der Waals surface area (Å²) in [5, 5.41) is 14.0. The van der Waals surface area contributed by atoms with Crippen molar-refractivity contribution in [2.45, 2.75) is 31.4 Å². The lowest BCUT2D eigenvalue weighted by molar-refractivity contribution is -0.384. The van der Waals surface area contributed by atoms with Crippen molar-refractivity contribution in [1.29, 1.82) is 0 Å². The number of nitrogen functional groups attached to an aromatic ring is 1. The molecule has 6 nitrogen and oxygen atoms in total. The number of ether oxygens (including phenoxy) is 1. The topological polar surface area (TPSA) is 90.4 Å². The van der Waals surface area contributed by atoms with Gasteiger partial charge in [-0.25, -0.2) is 0 Å². The Bertz CT molecular complexity index is 450. The zero-order valence-electron chi connectivity index (χ0n) is 10.3. The van der Waals surface area contributed by atoms with E-state index in [9.17, 15) is 10.1 Å². The molecule has 2 unspecified atom stereocenters. The summed E-state index contributed by atoms with van der Waals surface area (Å²) in [6.45, 7) is 0. The molecule has 6 heteroatoms. The molecule has 0 heterocycles. The Hall–Kier alpha value is -1.82. The van der Waals surface area contributed by atoms with Gasteiger partial charge in [0.2, 0.25) is 0 Å². The summed E-state index contributed by atoms with van der Waals surface area (Å²) in [4.78, 5) is 10.3. The molecule has 0 aromatic heterocycles. The van der Waals surface area contributed by atoms with Crippen LogP contribution in [-0.4, -0.2) is 24.2 Å². The minimum Gasteiger partial charge on any atom is -0.398 e. The quantitative estimate of drug-likeness (QED) is 0.486. The van der Waals surface area contributed by atoms with Gasteiger partial charge >= 0.3 is 0 Å². The number of nitro benzene ring substituents is 1. The van der Waals surface area contributed by atoms with Crippen molar-refractivity contribution in [3.63, 3.8) is 0 Å². The van der Waals surface area contributed by atoms with Crippen LogP contribution in [0.4, 0.5) is 17.1 Å². The van der Waals surface area contributed by atoms with Crippen LogP contribution in [0.1, 0.15) is 19.3 Å². The lowest BCUT2D eigenvalue weighted by Crippen LogP contribution is -2.17. The van der Waals surface area contributed by atoms with Crippen molar-refractivity contribution in [3.05, 3.63) is 28.3 Å². The van der Waals surface area contributed by atoms with E-state index in [-0.39, 0.29) is 17.8 Å². The molecule has 0 aliphatic heterocycles. The Kier molecular flexibility index (Phi) is 3.66. The molecule has 1 saturated carbocycles. The highest BCUT2D eigenvalue weighted by Crippen LogP contribution is 2.28. The Balaban J connectivity index is 2.07. The van der Waals surface area contributed by atoms with Gasteiger partial charge in [-0.2, -0.15) is 0 Å². The van der Waals surface area contributed by atoms with Crippen LogP contribution >= 0.6 is 0 Å². The number of nitrogens with two attached hydrogens (primary N) is 1. The van der Waals surface area contributed by atoms with E-state index < -0.39 is 4.92 Å². The van der Waals surface area contributed by atoms with Gasteiger partial charge < -0.3 is 15.8 Å². The predicted octanol–water partition coefficient (Wildman–Crippen LogP) is 2.16. The third-order valence-corrected chi connectivity index (χ3v) is 3.24. The van der Waals surface area contributed by atoms with Crippen LogP contribution in [0, 0.1) is 10.1 Å². The number of nitrogens with one attached hydrogen (secondary N) is 1. The van der Waals surface area contributed by atoms with Crippen LogP contribution in [0.25, 0.3) is 0 Å². The number of benzene rings is 1. The molecule has 2 atom stereocenters. The number of non-ortho nitro benzene ring substituents is 1. The normalized spacial score (nSPS) is 22.9. The van der Waals surface area contributed by atoms with E-state index in [2.05, 4.69) is 5.32 Å². The third-order valence-electron chi connectivity index (χ3n) is 3.24. The summed E-state index contributed by atoms with van der Waals surface area (Å²) < 4.78 is 5.29. The molecule has 1 aliphatic rings.